The minimum absolute atomic E-state index is 0.0182. The summed E-state index contributed by atoms with van der Waals surface area (Å²) >= 11 is 0. The first-order valence-electron chi connectivity index (χ1n) is 11.2. The number of amides is 2. The van der Waals surface area contributed by atoms with Crippen LogP contribution in [0.25, 0.3) is 16.7 Å². The first-order valence-corrected chi connectivity index (χ1v) is 11.2. The van der Waals surface area contributed by atoms with Gasteiger partial charge in [0.25, 0.3) is 11.8 Å². The number of halogens is 1. The minimum atomic E-state index is -0.403. The summed E-state index contributed by atoms with van der Waals surface area (Å²) in [6.45, 7) is 4.69. The second kappa shape index (κ2) is 8.86. The third-order valence-corrected chi connectivity index (χ3v) is 6.22. The van der Waals surface area contributed by atoms with Crippen LogP contribution in [0.1, 0.15) is 33.7 Å². The lowest BCUT2D eigenvalue weighted by atomic mass is 10.1. The molecule has 1 saturated heterocycles. The largest absolute Gasteiger partial charge is 0.497 e. The van der Waals surface area contributed by atoms with E-state index in [0.717, 1.165) is 0 Å². The fourth-order valence-corrected chi connectivity index (χ4v) is 4.43. The zero-order valence-corrected chi connectivity index (χ0v) is 19.6. The Hall–Kier alpha value is -4.21. The molecule has 1 atom stereocenters. The summed E-state index contributed by atoms with van der Waals surface area (Å²) in [6, 6.07) is 11.0. The highest BCUT2D eigenvalue weighted by molar-refractivity contribution is 6.07. The number of furan rings is 1. The molecule has 0 radical (unpaired) electrons. The molecule has 5 rings (SSSR count). The maximum atomic E-state index is 13.5. The van der Waals surface area contributed by atoms with Crippen LogP contribution in [0.5, 0.6) is 5.75 Å². The first-order chi connectivity index (χ1) is 16.9. The third kappa shape index (κ3) is 4.11. The van der Waals surface area contributed by atoms with Crippen LogP contribution in [0.2, 0.25) is 0 Å². The number of nitrogens with zero attached hydrogens (tertiary/aromatic N) is 5. The van der Waals surface area contributed by atoms with E-state index in [0.29, 0.717) is 53.4 Å². The van der Waals surface area contributed by atoms with E-state index in [4.69, 9.17) is 9.15 Å². The quantitative estimate of drug-likeness (QED) is 0.447. The molecule has 1 aliphatic rings. The standard InChI is InChI=1S/C25H24FN5O4/c1-15-13-29(24(32)22-16(2)35-21-8-7-19(34-3)12-20(21)22)9-10-30(15)25(33)23-27-14-31(28-23)18-6-4-5-17(26)11-18/h4-8,11-12,14-15H,9-10,13H2,1-3H3. The van der Waals surface area contributed by atoms with Gasteiger partial charge in [-0.2, -0.15) is 0 Å². The number of aryl methyl sites for hydroxylation is 1. The SMILES string of the molecule is COc1ccc2oc(C)c(C(=O)N3CCN(C(=O)c4ncn(-c5cccc(F)c5)n4)C(C)C3)c2c1. The summed E-state index contributed by atoms with van der Waals surface area (Å²) in [7, 11) is 1.57. The predicted octanol–water partition coefficient (Wildman–Crippen LogP) is 3.46. The summed E-state index contributed by atoms with van der Waals surface area (Å²) in [5.74, 6) is 0.304. The Morgan fingerprint density at radius 3 is 2.71 bits per heavy atom. The van der Waals surface area contributed by atoms with Crippen LogP contribution < -0.4 is 4.74 Å². The van der Waals surface area contributed by atoms with Gasteiger partial charge in [0.05, 0.1) is 18.4 Å². The van der Waals surface area contributed by atoms with Crippen molar-refractivity contribution in [2.75, 3.05) is 26.7 Å². The second-order valence-electron chi connectivity index (χ2n) is 8.49. The van der Waals surface area contributed by atoms with Crippen molar-refractivity contribution in [3.05, 3.63) is 71.8 Å². The van der Waals surface area contributed by atoms with Crippen molar-refractivity contribution in [1.82, 2.24) is 24.6 Å². The van der Waals surface area contributed by atoms with E-state index in [-0.39, 0.29) is 23.7 Å². The Balaban J connectivity index is 1.32. The van der Waals surface area contributed by atoms with Gasteiger partial charge in [0.1, 0.15) is 29.2 Å². The summed E-state index contributed by atoms with van der Waals surface area (Å²) in [6.07, 6.45) is 1.38. The molecule has 0 N–H and O–H groups in total. The van der Waals surface area contributed by atoms with E-state index < -0.39 is 5.82 Å². The number of hydrogen-bond acceptors (Lipinski definition) is 6. The lowest BCUT2D eigenvalue weighted by Gasteiger charge is -2.39. The van der Waals surface area contributed by atoms with Crippen molar-refractivity contribution in [1.29, 1.82) is 0 Å². The first kappa shape index (κ1) is 22.6. The molecule has 2 aromatic carbocycles. The second-order valence-corrected chi connectivity index (χ2v) is 8.49. The normalized spacial score (nSPS) is 16.1. The zero-order chi connectivity index (χ0) is 24.7. The number of rotatable bonds is 4. The molecule has 0 aliphatic carbocycles. The molecule has 0 bridgehead atoms. The fourth-order valence-electron chi connectivity index (χ4n) is 4.43. The predicted molar refractivity (Wildman–Crippen MR) is 125 cm³/mol. The van der Waals surface area contributed by atoms with Gasteiger partial charge >= 0.3 is 0 Å². The maximum absolute atomic E-state index is 13.5. The summed E-state index contributed by atoms with van der Waals surface area (Å²) in [5.41, 5.74) is 1.59. The number of ether oxygens (including phenoxy) is 1. The number of carbonyl (C=O) groups excluding carboxylic acids is 2. The van der Waals surface area contributed by atoms with Crippen LogP contribution in [-0.2, 0) is 0 Å². The van der Waals surface area contributed by atoms with Gasteiger partial charge in [-0.1, -0.05) is 6.07 Å². The van der Waals surface area contributed by atoms with Gasteiger partial charge in [-0.05, 0) is 50.2 Å². The van der Waals surface area contributed by atoms with E-state index in [1.807, 2.05) is 6.92 Å². The van der Waals surface area contributed by atoms with Crippen molar-refractivity contribution in [2.24, 2.45) is 0 Å². The summed E-state index contributed by atoms with van der Waals surface area (Å²) < 4.78 is 26.0. The molecule has 35 heavy (non-hydrogen) atoms. The molecule has 3 heterocycles. The van der Waals surface area contributed by atoms with Crippen LogP contribution in [0.4, 0.5) is 4.39 Å². The number of piperazine rings is 1. The summed E-state index contributed by atoms with van der Waals surface area (Å²) in [5, 5.41) is 4.93. The zero-order valence-electron chi connectivity index (χ0n) is 19.6. The molecule has 10 heteroatoms. The van der Waals surface area contributed by atoms with Crippen molar-refractivity contribution in [3.63, 3.8) is 0 Å². The average molecular weight is 477 g/mol. The smallest absolute Gasteiger partial charge is 0.293 e. The molecule has 2 amide bonds. The number of fused-ring (bicyclic) bond motifs is 1. The molecule has 1 aliphatic heterocycles. The Kier molecular flexibility index (Phi) is 5.72. The van der Waals surface area contributed by atoms with Gasteiger partial charge in [-0.15, -0.1) is 5.10 Å². The number of hydrogen-bond donors (Lipinski definition) is 0. The number of methoxy groups -OCH3 is 1. The highest BCUT2D eigenvalue weighted by atomic mass is 19.1. The lowest BCUT2D eigenvalue weighted by Crippen LogP contribution is -2.55. The van der Waals surface area contributed by atoms with E-state index in [2.05, 4.69) is 10.1 Å². The summed E-state index contributed by atoms with van der Waals surface area (Å²) in [4.78, 5) is 34.0. The van der Waals surface area contributed by atoms with Gasteiger partial charge < -0.3 is 19.0 Å². The van der Waals surface area contributed by atoms with Crippen LogP contribution >= 0.6 is 0 Å². The van der Waals surface area contributed by atoms with Gasteiger partial charge in [0, 0.05) is 31.1 Å². The van der Waals surface area contributed by atoms with Gasteiger partial charge in [0.15, 0.2) is 0 Å². The van der Waals surface area contributed by atoms with Crippen molar-refractivity contribution < 1.29 is 23.1 Å². The van der Waals surface area contributed by atoms with Crippen LogP contribution in [0, 0.1) is 12.7 Å². The lowest BCUT2D eigenvalue weighted by molar-refractivity contribution is 0.0407. The molecule has 0 spiro atoms. The number of aromatic nitrogens is 3. The average Bonchev–Trinajstić information content (AvgIpc) is 3.47. The van der Waals surface area contributed by atoms with Crippen LogP contribution in [-0.4, -0.2) is 69.2 Å². The third-order valence-electron chi connectivity index (χ3n) is 6.22. The molecule has 2 aromatic heterocycles. The number of benzene rings is 2. The molecule has 9 nitrogen and oxygen atoms in total. The van der Waals surface area contributed by atoms with E-state index in [9.17, 15) is 14.0 Å². The Labute approximate surface area is 200 Å². The maximum Gasteiger partial charge on any atom is 0.293 e. The van der Waals surface area contributed by atoms with Crippen LogP contribution in [0.3, 0.4) is 0 Å². The van der Waals surface area contributed by atoms with E-state index in [1.54, 1.807) is 54.2 Å². The molecule has 0 saturated carbocycles. The Morgan fingerprint density at radius 2 is 1.97 bits per heavy atom. The van der Waals surface area contributed by atoms with Gasteiger partial charge in [0.2, 0.25) is 5.82 Å². The molecule has 1 unspecified atom stereocenters. The molecular formula is C25H24FN5O4. The topological polar surface area (TPSA) is 93.7 Å². The molecule has 1 fully saturated rings. The van der Waals surface area contributed by atoms with Crippen molar-refractivity contribution in [3.8, 4) is 11.4 Å². The molecule has 180 valence electrons. The van der Waals surface area contributed by atoms with Crippen LogP contribution in [0.15, 0.2) is 53.2 Å². The van der Waals surface area contributed by atoms with E-state index in [1.165, 1.54) is 23.1 Å². The Bertz CT molecular complexity index is 1430. The van der Waals surface area contributed by atoms with E-state index >= 15 is 0 Å². The molecule has 4 aromatic rings. The van der Waals surface area contributed by atoms with Gasteiger partial charge in [-0.3, -0.25) is 9.59 Å². The van der Waals surface area contributed by atoms with Crippen molar-refractivity contribution in [2.45, 2.75) is 19.9 Å². The minimum Gasteiger partial charge on any atom is -0.497 e. The van der Waals surface area contributed by atoms with Gasteiger partial charge in [-0.25, -0.2) is 14.1 Å². The number of carbonyl (C=O) groups is 2. The molecular weight excluding hydrogens is 453 g/mol. The highest BCUT2D eigenvalue weighted by Crippen LogP contribution is 2.30. The van der Waals surface area contributed by atoms with Crippen molar-refractivity contribution >= 4 is 22.8 Å². The Morgan fingerprint density at radius 1 is 1.14 bits per heavy atom. The fraction of sp³-hybridized carbons (Fsp3) is 0.280. The highest BCUT2D eigenvalue weighted by Gasteiger charge is 2.34. The monoisotopic (exact) mass is 477 g/mol.